The Labute approximate surface area is 135 Å². The Morgan fingerprint density at radius 2 is 2.00 bits per heavy atom. The summed E-state index contributed by atoms with van der Waals surface area (Å²) in [6.45, 7) is 3.04. The molecule has 0 bridgehead atoms. The van der Waals surface area contributed by atoms with E-state index in [1.54, 1.807) is 17.9 Å². The van der Waals surface area contributed by atoms with Gasteiger partial charge >= 0.3 is 0 Å². The fourth-order valence-electron chi connectivity index (χ4n) is 2.46. The summed E-state index contributed by atoms with van der Waals surface area (Å²) in [5, 5.41) is 2.59. The fourth-order valence-corrected chi connectivity index (χ4v) is 3.33. The highest BCUT2D eigenvalue weighted by atomic mass is 32.2. The number of amides is 2. The minimum absolute atomic E-state index is 0.142. The summed E-state index contributed by atoms with van der Waals surface area (Å²) >= 11 is 0. The van der Waals surface area contributed by atoms with E-state index in [0.717, 1.165) is 6.26 Å². The second-order valence-electron chi connectivity index (χ2n) is 5.51. The molecule has 8 nitrogen and oxygen atoms in total. The van der Waals surface area contributed by atoms with Gasteiger partial charge in [-0.05, 0) is 25.5 Å². The first-order valence-corrected chi connectivity index (χ1v) is 9.22. The molecule has 1 N–H and O–H groups in total. The minimum Gasteiger partial charge on any atom is -0.459 e. The number of carbonyl (C=O) groups excluding carboxylic acids is 2. The lowest BCUT2D eigenvalue weighted by Crippen LogP contribution is -2.48. The molecule has 1 atom stereocenters. The lowest BCUT2D eigenvalue weighted by Gasteiger charge is -2.24. The molecule has 1 aromatic rings. The molecule has 0 unspecified atom stereocenters. The maximum absolute atomic E-state index is 12.4. The lowest BCUT2D eigenvalue weighted by molar-refractivity contribution is -0.132. The smallest absolute Gasteiger partial charge is 0.287 e. The summed E-state index contributed by atoms with van der Waals surface area (Å²) in [5.74, 6) is -0.549. The molecule has 1 saturated heterocycles. The molecule has 2 amide bonds. The van der Waals surface area contributed by atoms with Gasteiger partial charge in [0.1, 0.15) is 6.04 Å². The number of sulfonamides is 1. The first-order chi connectivity index (χ1) is 10.8. The second kappa shape index (κ2) is 7.14. The van der Waals surface area contributed by atoms with Crippen LogP contribution < -0.4 is 5.32 Å². The normalized spacial score (nSPS) is 18.3. The zero-order valence-corrected chi connectivity index (χ0v) is 14.0. The molecular weight excluding hydrogens is 322 g/mol. The summed E-state index contributed by atoms with van der Waals surface area (Å²) in [7, 11) is -3.25. The van der Waals surface area contributed by atoms with Crippen LogP contribution in [0.5, 0.6) is 0 Å². The van der Waals surface area contributed by atoms with Gasteiger partial charge in [-0.1, -0.05) is 0 Å². The maximum atomic E-state index is 12.4. The summed E-state index contributed by atoms with van der Waals surface area (Å²) in [6.07, 6.45) is 3.12. The summed E-state index contributed by atoms with van der Waals surface area (Å²) in [6, 6.07) is 2.40. The second-order valence-corrected chi connectivity index (χ2v) is 7.50. The van der Waals surface area contributed by atoms with Crippen molar-refractivity contribution in [3.05, 3.63) is 24.2 Å². The predicted octanol–water partition coefficient (Wildman–Crippen LogP) is -0.108. The highest BCUT2D eigenvalue weighted by Crippen LogP contribution is 2.09. The predicted molar refractivity (Wildman–Crippen MR) is 83.3 cm³/mol. The molecule has 9 heteroatoms. The van der Waals surface area contributed by atoms with Crippen LogP contribution in [0.25, 0.3) is 0 Å². The van der Waals surface area contributed by atoms with E-state index < -0.39 is 22.0 Å². The van der Waals surface area contributed by atoms with Crippen LogP contribution in [0, 0.1) is 0 Å². The number of hydrogen-bond acceptors (Lipinski definition) is 5. The molecule has 23 heavy (non-hydrogen) atoms. The quantitative estimate of drug-likeness (QED) is 0.822. The van der Waals surface area contributed by atoms with Gasteiger partial charge in [-0.15, -0.1) is 0 Å². The highest BCUT2D eigenvalue weighted by molar-refractivity contribution is 7.88. The van der Waals surface area contributed by atoms with Crippen LogP contribution in [0.1, 0.15) is 23.9 Å². The fraction of sp³-hybridized carbons (Fsp3) is 0.571. The van der Waals surface area contributed by atoms with Gasteiger partial charge in [-0.3, -0.25) is 9.59 Å². The lowest BCUT2D eigenvalue weighted by atomic mass is 10.2. The van der Waals surface area contributed by atoms with Crippen LogP contribution in [0.15, 0.2) is 22.8 Å². The van der Waals surface area contributed by atoms with Crippen LogP contribution in [0.4, 0.5) is 0 Å². The first kappa shape index (κ1) is 17.5. The van der Waals surface area contributed by atoms with E-state index in [0.29, 0.717) is 26.1 Å². The molecule has 0 aliphatic carbocycles. The third-order valence-corrected chi connectivity index (χ3v) is 5.00. The third kappa shape index (κ3) is 4.55. The number of nitrogens with zero attached hydrogens (tertiary/aromatic N) is 2. The molecule has 0 spiro atoms. The molecule has 1 aliphatic heterocycles. The van der Waals surface area contributed by atoms with E-state index in [4.69, 9.17) is 4.42 Å². The number of nitrogens with one attached hydrogen (secondary N) is 1. The van der Waals surface area contributed by atoms with Crippen molar-refractivity contribution < 1.29 is 22.4 Å². The van der Waals surface area contributed by atoms with Crippen molar-refractivity contribution >= 4 is 21.8 Å². The van der Waals surface area contributed by atoms with Gasteiger partial charge in [-0.25, -0.2) is 12.7 Å². The van der Waals surface area contributed by atoms with Crippen molar-refractivity contribution in [1.29, 1.82) is 0 Å². The number of hydrogen-bond donors (Lipinski definition) is 1. The third-order valence-electron chi connectivity index (χ3n) is 3.70. The van der Waals surface area contributed by atoms with Crippen molar-refractivity contribution in [2.24, 2.45) is 0 Å². The van der Waals surface area contributed by atoms with E-state index in [1.807, 2.05) is 0 Å². The van der Waals surface area contributed by atoms with Gasteiger partial charge in [0, 0.05) is 26.2 Å². The molecule has 0 saturated carbocycles. The Hall–Kier alpha value is -1.87. The number of rotatable bonds is 4. The summed E-state index contributed by atoms with van der Waals surface area (Å²) in [4.78, 5) is 25.9. The van der Waals surface area contributed by atoms with Crippen molar-refractivity contribution in [3.63, 3.8) is 0 Å². The minimum atomic E-state index is -3.25. The molecule has 1 fully saturated rings. The molecule has 128 valence electrons. The maximum Gasteiger partial charge on any atom is 0.287 e. The van der Waals surface area contributed by atoms with Gasteiger partial charge in [0.15, 0.2) is 5.76 Å². The largest absolute Gasteiger partial charge is 0.459 e. The molecule has 0 aromatic carbocycles. The van der Waals surface area contributed by atoms with Gasteiger partial charge in [0.25, 0.3) is 5.91 Å². The van der Waals surface area contributed by atoms with Gasteiger partial charge in [0.2, 0.25) is 15.9 Å². The average Bonchev–Trinajstić information content (AvgIpc) is 2.89. The van der Waals surface area contributed by atoms with Crippen LogP contribution in [-0.4, -0.2) is 67.9 Å². The van der Waals surface area contributed by atoms with E-state index >= 15 is 0 Å². The Morgan fingerprint density at radius 3 is 2.61 bits per heavy atom. The van der Waals surface area contributed by atoms with E-state index in [1.165, 1.54) is 16.6 Å². The monoisotopic (exact) mass is 343 g/mol. The Kier molecular flexibility index (Phi) is 5.42. The van der Waals surface area contributed by atoms with Crippen molar-refractivity contribution in [3.8, 4) is 0 Å². The summed E-state index contributed by atoms with van der Waals surface area (Å²) < 4.78 is 29.5. The van der Waals surface area contributed by atoms with E-state index in [-0.39, 0.29) is 18.2 Å². The van der Waals surface area contributed by atoms with Crippen molar-refractivity contribution in [2.75, 3.05) is 32.4 Å². The molecule has 1 aliphatic rings. The van der Waals surface area contributed by atoms with Crippen LogP contribution in [0.2, 0.25) is 0 Å². The molecular formula is C14H21N3O5S. The van der Waals surface area contributed by atoms with Crippen LogP contribution >= 0.6 is 0 Å². The first-order valence-electron chi connectivity index (χ1n) is 7.37. The zero-order valence-electron chi connectivity index (χ0n) is 13.2. The van der Waals surface area contributed by atoms with Gasteiger partial charge < -0.3 is 14.6 Å². The van der Waals surface area contributed by atoms with E-state index in [2.05, 4.69) is 5.32 Å². The van der Waals surface area contributed by atoms with Gasteiger partial charge in [-0.2, -0.15) is 0 Å². The molecule has 1 aromatic heterocycles. The molecule has 2 heterocycles. The topological polar surface area (TPSA) is 99.9 Å². The van der Waals surface area contributed by atoms with E-state index in [9.17, 15) is 18.0 Å². The highest BCUT2D eigenvalue weighted by Gasteiger charge is 2.27. The van der Waals surface area contributed by atoms with Gasteiger partial charge in [0.05, 0.1) is 12.5 Å². The standard InChI is InChI=1S/C14H21N3O5S/c1-11(15-13(18)12-5-3-10-22-12)14(19)16-6-4-7-17(9-8-16)23(2,20)21/h3,5,10-11H,4,6-9H2,1-2H3,(H,15,18)/t11-/m0/s1. The Bertz CT molecular complexity index is 656. The molecule has 0 radical (unpaired) electrons. The number of furan rings is 1. The summed E-state index contributed by atoms with van der Waals surface area (Å²) in [5.41, 5.74) is 0. The Morgan fingerprint density at radius 1 is 1.26 bits per heavy atom. The molecule has 2 rings (SSSR count). The number of carbonyl (C=O) groups is 2. The average molecular weight is 343 g/mol. The van der Waals surface area contributed by atoms with Crippen molar-refractivity contribution in [2.45, 2.75) is 19.4 Å². The SMILES string of the molecule is C[C@H](NC(=O)c1ccco1)C(=O)N1CCCN(S(C)(=O)=O)CC1. The van der Waals surface area contributed by atoms with Crippen molar-refractivity contribution in [1.82, 2.24) is 14.5 Å². The van der Waals surface area contributed by atoms with Crippen LogP contribution in [-0.2, 0) is 14.8 Å². The zero-order chi connectivity index (χ0) is 17.0. The van der Waals surface area contributed by atoms with Crippen LogP contribution in [0.3, 0.4) is 0 Å². The Balaban J connectivity index is 1.93.